The maximum absolute atomic E-state index is 5.70. The van der Waals surface area contributed by atoms with Crippen LogP contribution in [-0.2, 0) is 22.6 Å². The minimum Gasteiger partial charge on any atom is -0.381 e. The Morgan fingerprint density at radius 1 is 1.18 bits per heavy atom. The lowest BCUT2D eigenvalue weighted by atomic mass is 10.1. The molecule has 0 amide bonds. The van der Waals surface area contributed by atoms with Gasteiger partial charge in [-0.25, -0.2) is 4.99 Å². The minimum absolute atomic E-state index is 0.689. The maximum Gasteiger partial charge on any atom is 0.191 e. The van der Waals surface area contributed by atoms with E-state index in [0.29, 0.717) is 6.54 Å². The Labute approximate surface area is 169 Å². The SMILES string of the molecule is CCNC(=NCc1ccccc1CN1CCOCC1)NCCCOCC1CC1. The third-order valence-electron chi connectivity index (χ3n) is 5.18. The number of rotatable bonds is 11. The van der Waals surface area contributed by atoms with Crippen LogP contribution in [0.5, 0.6) is 0 Å². The molecule has 2 fully saturated rings. The van der Waals surface area contributed by atoms with E-state index >= 15 is 0 Å². The summed E-state index contributed by atoms with van der Waals surface area (Å²) in [6.07, 6.45) is 3.70. The summed E-state index contributed by atoms with van der Waals surface area (Å²) in [5.74, 6) is 1.72. The van der Waals surface area contributed by atoms with Gasteiger partial charge in [-0.2, -0.15) is 0 Å². The van der Waals surface area contributed by atoms with Crippen LogP contribution in [-0.4, -0.2) is 63.5 Å². The number of nitrogens with one attached hydrogen (secondary N) is 2. The van der Waals surface area contributed by atoms with Crippen molar-refractivity contribution >= 4 is 5.96 Å². The van der Waals surface area contributed by atoms with E-state index in [-0.39, 0.29) is 0 Å². The number of aliphatic imine (C=N–C) groups is 1. The molecule has 0 bridgehead atoms. The average Bonchev–Trinajstić information content (AvgIpc) is 3.55. The van der Waals surface area contributed by atoms with Gasteiger partial charge in [0.15, 0.2) is 5.96 Å². The number of nitrogens with zero attached hydrogens (tertiary/aromatic N) is 2. The molecule has 0 aromatic heterocycles. The van der Waals surface area contributed by atoms with E-state index in [1.165, 1.54) is 24.0 Å². The molecular formula is C22H36N4O2. The van der Waals surface area contributed by atoms with E-state index in [4.69, 9.17) is 14.5 Å². The molecule has 6 nitrogen and oxygen atoms in total. The van der Waals surface area contributed by atoms with Crippen molar-refractivity contribution in [3.8, 4) is 0 Å². The first-order valence-corrected chi connectivity index (χ1v) is 10.8. The van der Waals surface area contributed by atoms with Gasteiger partial charge in [0.05, 0.1) is 19.8 Å². The Morgan fingerprint density at radius 3 is 2.71 bits per heavy atom. The molecule has 1 heterocycles. The van der Waals surface area contributed by atoms with Crippen molar-refractivity contribution in [2.45, 2.75) is 39.3 Å². The van der Waals surface area contributed by atoms with Gasteiger partial charge in [-0.3, -0.25) is 4.90 Å². The summed E-state index contributed by atoms with van der Waals surface area (Å²) in [7, 11) is 0. The second-order valence-electron chi connectivity index (χ2n) is 7.65. The molecule has 1 aliphatic heterocycles. The fourth-order valence-corrected chi connectivity index (χ4v) is 3.29. The van der Waals surface area contributed by atoms with E-state index in [1.807, 2.05) is 0 Å². The van der Waals surface area contributed by atoms with Crippen molar-refractivity contribution in [3.05, 3.63) is 35.4 Å². The normalized spacial score (nSPS) is 18.2. The van der Waals surface area contributed by atoms with E-state index < -0.39 is 0 Å². The highest BCUT2D eigenvalue weighted by atomic mass is 16.5. The number of guanidine groups is 1. The van der Waals surface area contributed by atoms with Crippen molar-refractivity contribution < 1.29 is 9.47 Å². The van der Waals surface area contributed by atoms with E-state index in [0.717, 1.165) is 77.4 Å². The molecule has 0 atom stereocenters. The maximum atomic E-state index is 5.70. The fourth-order valence-electron chi connectivity index (χ4n) is 3.29. The quantitative estimate of drug-likeness (QED) is 0.346. The molecule has 1 saturated heterocycles. The molecule has 2 aliphatic rings. The summed E-state index contributed by atoms with van der Waals surface area (Å²) in [5.41, 5.74) is 2.65. The zero-order valence-electron chi connectivity index (χ0n) is 17.3. The molecule has 0 spiro atoms. The van der Waals surface area contributed by atoms with Crippen LogP contribution in [0, 0.1) is 5.92 Å². The Balaban J connectivity index is 1.45. The number of hydrogen-bond acceptors (Lipinski definition) is 4. The van der Waals surface area contributed by atoms with Gasteiger partial charge >= 0.3 is 0 Å². The molecule has 6 heteroatoms. The largest absolute Gasteiger partial charge is 0.381 e. The average molecular weight is 389 g/mol. The second kappa shape index (κ2) is 12.0. The van der Waals surface area contributed by atoms with Gasteiger partial charge in [-0.1, -0.05) is 24.3 Å². The fraction of sp³-hybridized carbons (Fsp3) is 0.682. The van der Waals surface area contributed by atoms with Crippen molar-refractivity contribution in [1.82, 2.24) is 15.5 Å². The lowest BCUT2D eigenvalue weighted by Crippen LogP contribution is -2.38. The van der Waals surface area contributed by atoms with Crippen LogP contribution in [0.15, 0.2) is 29.3 Å². The first kappa shape index (κ1) is 21.1. The van der Waals surface area contributed by atoms with Crippen molar-refractivity contribution in [2.24, 2.45) is 10.9 Å². The topological polar surface area (TPSA) is 58.1 Å². The van der Waals surface area contributed by atoms with Gasteiger partial charge in [0.2, 0.25) is 0 Å². The van der Waals surface area contributed by atoms with Crippen LogP contribution in [0.2, 0.25) is 0 Å². The number of benzene rings is 1. The Bertz CT molecular complexity index is 598. The smallest absolute Gasteiger partial charge is 0.191 e. The Kier molecular flexibility index (Phi) is 9.07. The molecule has 1 aromatic carbocycles. The highest BCUT2D eigenvalue weighted by molar-refractivity contribution is 5.79. The minimum atomic E-state index is 0.689. The van der Waals surface area contributed by atoms with Gasteiger partial charge in [0, 0.05) is 45.9 Å². The zero-order valence-corrected chi connectivity index (χ0v) is 17.3. The molecular weight excluding hydrogens is 352 g/mol. The van der Waals surface area contributed by atoms with Crippen molar-refractivity contribution in [2.75, 3.05) is 52.6 Å². The molecule has 0 unspecified atom stereocenters. The predicted molar refractivity (Wildman–Crippen MR) is 114 cm³/mol. The van der Waals surface area contributed by atoms with Gasteiger partial charge in [-0.15, -0.1) is 0 Å². The number of ether oxygens (including phenoxy) is 2. The number of morpholine rings is 1. The predicted octanol–water partition coefficient (Wildman–Crippen LogP) is 2.39. The summed E-state index contributed by atoms with van der Waals surface area (Å²) in [6, 6.07) is 8.63. The molecule has 0 radical (unpaired) electrons. The Hall–Kier alpha value is -1.63. The molecule has 2 N–H and O–H groups in total. The highest BCUT2D eigenvalue weighted by Gasteiger charge is 2.20. The highest BCUT2D eigenvalue weighted by Crippen LogP contribution is 2.28. The monoisotopic (exact) mass is 388 g/mol. The lowest BCUT2D eigenvalue weighted by Gasteiger charge is -2.27. The van der Waals surface area contributed by atoms with Crippen LogP contribution < -0.4 is 10.6 Å². The van der Waals surface area contributed by atoms with Gasteiger partial charge in [0.25, 0.3) is 0 Å². The molecule has 1 aromatic rings. The van der Waals surface area contributed by atoms with Crippen LogP contribution in [0.3, 0.4) is 0 Å². The van der Waals surface area contributed by atoms with Gasteiger partial charge < -0.3 is 20.1 Å². The first-order chi connectivity index (χ1) is 13.8. The standard InChI is InChI=1S/C22H36N4O2/c1-2-23-22(24-10-5-13-28-18-19-8-9-19)25-16-20-6-3-4-7-21(20)17-26-11-14-27-15-12-26/h3-4,6-7,19H,2,5,8-18H2,1H3,(H2,23,24,25). The summed E-state index contributed by atoms with van der Waals surface area (Å²) in [5, 5.41) is 6.77. The van der Waals surface area contributed by atoms with Crippen molar-refractivity contribution in [3.63, 3.8) is 0 Å². The first-order valence-electron chi connectivity index (χ1n) is 10.8. The van der Waals surface area contributed by atoms with Crippen LogP contribution >= 0.6 is 0 Å². The molecule has 156 valence electrons. The Morgan fingerprint density at radius 2 is 1.96 bits per heavy atom. The summed E-state index contributed by atoms with van der Waals surface area (Å²) >= 11 is 0. The molecule has 1 aliphatic carbocycles. The second-order valence-corrected chi connectivity index (χ2v) is 7.65. The summed E-state index contributed by atoms with van der Waals surface area (Å²) in [6.45, 7) is 10.9. The van der Waals surface area contributed by atoms with E-state index in [9.17, 15) is 0 Å². The number of hydrogen-bond donors (Lipinski definition) is 2. The van der Waals surface area contributed by atoms with E-state index in [2.05, 4.69) is 46.7 Å². The van der Waals surface area contributed by atoms with Crippen LogP contribution in [0.4, 0.5) is 0 Å². The lowest BCUT2D eigenvalue weighted by molar-refractivity contribution is 0.0341. The summed E-state index contributed by atoms with van der Waals surface area (Å²) < 4.78 is 11.2. The molecule has 28 heavy (non-hydrogen) atoms. The summed E-state index contributed by atoms with van der Waals surface area (Å²) in [4.78, 5) is 7.26. The molecule has 3 rings (SSSR count). The third kappa shape index (κ3) is 7.78. The van der Waals surface area contributed by atoms with E-state index in [1.54, 1.807) is 0 Å². The van der Waals surface area contributed by atoms with Crippen molar-refractivity contribution in [1.29, 1.82) is 0 Å². The van der Waals surface area contributed by atoms with Crippen LogP contribution in [0.25, 0.3) is 0 Å². The van der Waals surface area contributed by atoms with Gasteiger partial charge in [-0.05, 0) is 43.2 Å². The third-order valence-corrected chi connectivity index (χ3v) is 5.18. The van der Waals surface area contributed by atoms with Crippen LogP contribution in [0.1, 0.15) is 37.3 Å². The zero-order chi connectivity index (χ0) is 19.4. The molecule has 1 saturated carbocycles. The van der Waals surface area contributed by atoms with Gasteiger partial charge in [0.1, 0.15) is 0 Å².